The van der Waals surface area contributed by atoms with Gasteiger partial charge in [0.2, 0.25) is 0 Å². The number of rotatable bonds is 8. The van der Waals surface area contributed by atoms with Crippen molar-refractivity contribution in [2.45, 2.75) is 71.9 Å². The first-order chi connectivity index (χ1) is 8.20. The van der Waals surface area contributed by atoms with E-state index >= 15 is 0 Å². The van der Waals surface area contributed by atoms with Crippen LogP contribution in [0.2, 0.25) is 0 Å². The zero-order valence-corrected chi connectivity index (χ0v) is 12.3. The molecule has 1 saturated carbocycles. The average molecular weight is 240 g/mol. The Morgan fingerprint density at radius 3 is 2.35 bits per heavy atom. The van der Waals surface area contributed by atoms with Crippen molar-refractivity contribution < 1.29 is 0 Å². The number of hydrogen-bond donors (Lipinski definition) is 1. The molecule has 102 valence electrons. The van der Waals surface area contributed by atoms with Crippen LogP contribution >= 0.6 is 0 Å². The molecule has 0 aromatic rings. The maximum absolute atomic E-state index is 3.56. The minimum absolute atomic E-state index is 0.715. The lowest BCUT2D eigenvalue weighted by molar-refractivity contribution is 0.115. The maximum atomic E-state index is 3.56. The maximum Gasteiger partial charge on any atom is 0.0107 e. The summed E-state index contributed by atoms with van der Waals surface area (Å²) in [6, 6.07) is 1.58. The van der Waals surface area contributed by atoms with Crippen molar-refractivity contribution in [3.05, 3.63) is 0 Å². The molecule has 0 saturated heterocycles. The molecule has 2 unspecified atom stereocenters. The third-order valence-corrected chi connectivity index (χ3v) is 4.40. The summed E-state index contributed by atoms with van der Waals surface area (Å²) >= 11 is 0. The molecule has 0 heterocycles. The zero-order valence-electron chi connectivity index (χ0n) is 12.3. The van der Waals surface area contributed by atoms with E-state index in [0.29, 0.717) is 6.04 Å². The van der Waals surface area contributed by atoms with E-state index in [4.69, 9.17) is 0 Å². The molecule has 0 aromatic carbocycles. The van der Waals surface area contributed by atoms with Gasteiger partial charge in [-0.15, -0.1) is 0 Å². The van der Waals surface area contributed by atoms with Crippen LogP contribution in [0.5, 0.6) is 0 Å². The van der Waals surface area contributed by atoms with Gasteiger partial charge in [-0.25, -0.2) is 0 Å². The third kappa shape index (κ3) is 4.59. The van der Waals surface area contributed by atoms with Gasteiger partial charge in [-0.3, -0.25) is 4.90 Å². The monoisotopic (exact) mass is 240 g/mol. The Morgan fingerprint density at radius 2 is 1.82 bits per heavy atom. The summed E-state index contributed by atoms with van der Waals surface area (Å²) in [4.78, 5) is 2.74. The molecule has 2 nitrogen and oxygen atoms in total. The molecule has 1 aliphatic rings. The Hall–Kier alpha value is -0.0800. The topological polar surface area (TPSA) is 15.3 Å². The zero-order chi connectivity index (χ0) is 12.7. The van der Waals surface area contributed by atoms with Gasteiger partial charge in [0, 0.05) is 12.1 Å². The van der Waals surface area contributed by atoms with Crippen LogP contribution in [0.4, 0.5) is 0 Å². The summed E-state index contributed by atoms with van der Waals surface area (Å²) in [6.45, 7) is 12.9. The van der Waals surface area contributed by atoms with Crippen molar-refractivity contribution in [1.29, 1.82) is 0 Å². The Balaban J connectivity index is 2.38. The molecule has 0 amide bonds. The second-order valence-electron chi connectivity index (χ2n) is 5.69. The fraction of sp³-hybridized carbons (Fsp3) is 1.00. The number of nitrogens with zero attached hydrogens (tertiary/aromatic N) is 1. The molecule has 1 rings (SSSR count). The molecule has 1 aliphatic carbocycles. The van der Waals surface area contributed by atoms with Gasteiger partial charge in [0.15, 0.2) is 0 Å². The normalized spacial score (nSPS) is 21.0. The van der Waals surface area contributed by atoms with Gasteiger partial charge >= 0.3 is 0 Å². The van der Waals surface area contributed by atoms with Crippen molar-refractivity contribution in [1.82, 2.24) is 10.2 Å². The van der Waals surface area contributed by atoms with Gasteiger partial charge in [0.1, 0.15) is 0 Å². The second kappa shape index (κ2) is 8.10. The molecule has 0 spiro atoms. The fourth-order valence-electron chi connectivity index (χ4n) is 3.12. The van der Waals surface area contributed by atoms with Crippen molar-refractivity contribution in [3.8, 4) is 0 Å². The van der Waals surface area contributed by atoms with Crippen molar-refractivity contribution in [2.75, 3.05) is 19.6 Å². The van der Waals surface area contributed by atoms with Crippen molar-refractivity contribution >= 4 is 0 Å². The summed E-state index contributed by atoms with van der Waals surface area (Å²) in [6.07, 6.45) is 6.97. The number of nitrogens with one attached hydrogen (secondary N) is 1. The molecule has 0 aliphatic heterocycles. The fourth-order valence-corrected chi connectivity index (χ4v) is 3.12. The molecule has 0 aromatic heterocycles. The molecule has 0 bridgehead atoms. The Morgan fingerprint density at radius 1 is 1.18 bits per heavy atom. The van der Waals surface area contributed by atoms with Gasteiger partial charge in [0.05, 0.1) is 0 Å². The lowest BCUT2D eigenvalue weighted by atomic mass is 9.99. The Labute approximate surface area is 108 Å². The summed E-state index contributed by atoms with van der Waals surface area (Å²) in [5.74, 6) is 0.752. The van der Waals surface area contributed by atoms with Crippen LogP contribution in [-0.2, 0) is 0 Å². The summed E-state index contributed by atoms with van der Waals surface area (Å²) in [5, 5.41) is 3.56. The minimum atomic E-state index is 0.715. The summed E-state index contributed by atoms with van der Waals surface area (Å²) in [7, 11) is 0. The highest BCUT2D eigenvalue weighted by atomic mass is 15.2. The smallest absolute Gasteiger partial charge is 0.0107 e. The molecular weight excluding hydrogens is 208 g/mol. The largest absolute Gasteiger partial charge is 0.316 e. The summed E-state index contributed by atoms with van der Waals surface area (Å²) < 4.78 is 0. The van der Waals surface area contributed by atoms with Crippen molar-refractivity contribution in [2.24, 2.45) is 5.92 Å². The van der Waals surface area contributed by atoms with E-state index in [-0.39, 0.29) is 0 Å². The van der Waals surface area contributed by atoms with Gasteiger partial charge in [-0.1, -0.05) is 33.6 Å². The van der Waals surface area contributed by atoms with Crippen LogP contribution in [0, 0.1) is 5.92 Å². The van der Waals surface area contributed by atoms with Crippen LogP contribution in [-0.4, -0.2) is 36.6 Å². The van der Waals surface area contributed by atoms with E-state index in [2.05, 4.69) is 37.9 Å². The first-order valence-corrected chi connectivity index (χ1v) is 7.67. The van der Waals surface area contributed by atoms with Crippen LogP contribution in [0.3, 0.4) is 0 Å². The molecular formula is C15H32N2. The lowest BCUT2D eigenvalue weighted by Crippen LogP contribution is -2.45. The van der Waals surface area contributed by atoms with Gasteiger partial charge in [-0.05, 0) is 51.7 Å². The van der Waals surface area contributed by atoms with E-state index in [1.165, 1.54) is 38.6 Å². The number of hydrogen-bond acceptors (Lipinski definition) is 2. The summed E-state index contributed by atoms with van der Waals surface area (Å²) in [5.41, 5.74) is 0. The predicted octanol–water partition coefficient (Wildman–Crippen LogP) is 3.28. The highest BCUT2D eigenvalue weighted by Crippen LogP contribution is 2.26. The van der Waals surface area contributed by atoms with Crippen LogP contribution in [0.25, 0.3) is 0 Å². The lowest BCUT2D eigenvalue weighted by Gasteiger charge is -2.37. The van der Waals surface area contributed by atoms with Crippen LogP contribution in [0.1, 0.15) is 59.8 Å². The molecule has 2 heteroatoms. The van der Waals surface area contributed by atoms with E-state index in [9.17, 15) is 0 Å². The predicted molar refractivity (Wildman–Crippen MR) is 76.4 cm³/mol. The minimum Gasteiger partial charge on any atom is -0.316 e. The first kappa shape index (κ1) is 15.0. The SMILES string of the molecule is CCCNCC(C)C(C)N(CC)C1CCCC1. The Bertz CT molecular complexity index is 187. The van der Waals surface area contributed by atoms with Crippen LogP contribution in [0.15, 0.2) is 0 Å². The highest BCUT2D eigenvalue weighted by Gasteiger charge is 2.27. The van der Waals surface area contributed by atoms with Crippen molar-refractivity contribution in [3.63, 3.8) is 0 Å². The van der Waals surface area contributed by atoms with Gasteiger partial charge < -0.3 is 5.32 Å². The van der Waals surface area contributed by atoms with E-state index in [0.717, 1.165) is 25.0 Å². The van der Waals surface area contributed by atoms with Gasteiger partial charge in [-0.2, -0.15) is 0 Å². The first-order valence-electron chi connectivity index (χ1n) is 7.67. The molecule has 0 radical (unpaired) electrons. The van der Waals surface area contributed by atoms with Gasteiger partial charge in [0.25, 0.3) is 0 Å². The van der Waals surface area contributed by atoms with E-state index < -0.39 is 0 Å². The quantitative estimate of drug-likeness (QED) is 0.655. The highest BCUT2D eigenvalue weighted by molar-refractivity contribution is 4.83. The van der Waals surface area contributed by atoms with Crippen LogP contribution < -0.4 is 5.32 Å². The van der Waals surface area contributed by atoms with E-state index in [1.54, 1.807) is 0 Å². The third-order valence-electron chi connectivity index (χ3n) is 4.40. The standard InChI is InChI=1S/C15H32N2/c1-5-11-16-12-13(3)14(4)17(6-2)15-9-7-8-10-15/h13-16H,5-12H2,1-4H3. The molecule has 1 fully saturated rings. The molecule has 2 atom stereocenters. The molecule has 17 heavy (non-hydrogen) atoms. The Kier molecular flexibility index (Phi) is 7.14. The second-order valence-corrected chi connectivity index (χ2v) is 5.69. The average Bonchev–Trinajstić information content (AvgIpc) is 2.83. The van der Waals surface area contributed by atoms with E-state index in [1.807, 2.05) is 0 Å². The molecule has 1 N–H and O–H groups in total.